The van der Waals surface area contributed by atoms with Crippen molar-refractivity contribution in [2.24, 2.45) is 21.7 Å². The van der Waals surface area contributed by atoms with Gasteiger partial charge in [-0.2, -0.15) is 15.3 Å². The molecular formula is C21H19ClN6. The predicted octanol–water partition coefficient (Wildman–Crippen LogP) is 3.50. The molecule has 6 nitrogen and oxygen atoms in total. The van der Waals surface area contributed by atoms with E-state index in [2.05, 4.69) is 20.4 Å². The second kappa shape index (κ2) is 7.78. The van der Waals surface area contributed by atoms with E-state index in [1.807, 2.05) is 54.6 Å². The van der Waals surface area contributed by atoms with Gasteiger partial charge in [0.1, 0.15) is 0 Å². The van der Waals surface area contributed by atoms with Crippen LogP contribution < -0.4 is 11.5 Å². The van der Waals surface area contributed by atoms with E-state index in [9.17, 15) is 0 Å². The summed E-state index contributed by atoms with van der Waals surface area (Å²) in [5.41, 5.74) is 16.7. The van der Waals surface area contributed by atoms with Gasteiger partial charge in [0.25, 0.3) is 0 Å². The first-order chi connectivity index (χ1) is 13.6. The smallest absolute Gasteiger partial charge is 0.211 e. The van der Waals surface area contributed by atoms with Gasteiger partial charge in [0, 0.05) is 16.1 Å². The standard InChI is InChI=1S/C21H19ClN6/c22-17-9-5-4-8-15(17)14-10-18-20(19(11-14)27-28-21(23)24)16(12-25-26-18)13-6-2-1-3-7-13/h1-9,12,14H,10-11H2,(H4,23,24,28). The fourth-order valence-electron chi connectivity index (χ4n) is 3.60. The SMILES string of the molecule is NC(N)=NN=C1CC(c2ccccc2Cl)Cc2nncc(-c3ccccc3)c21. The van der Waals surface area contributed by atoms with Crippen LogP contribution >= 0.6 is 11.6 Å². The number of guanidine groups is 1. The molecule has 3 aromatic rings. The number of nitrogens with zero attached hydrogens (tertiary/aromatic N) is 4. The van der Waals surface area contributed by atoms with Crippen molar-refractivity contribution in [1.82, 2.24) is 10.2 Å². The molecule has 0 amide bonds. The highest BCUT2D eigenvalue weighted by Crippen LogP contribution is 2.38. The second-order valence-corrected chi connectivity index (χ2v) is 7.05. The molecule has 1 aromatic heterocycles. The Kier molecular flexibility index (Phi) is 5.04. The van der Waals surface area contributed by atoms with E-state index in [-0.39, 0.29) is 11.9 Å². The molecule has 28 heavy (non-hydrogen) atoms. The molecule has 0 spiro atoms. The number of hydrogen-bond donors (Lipinski definition) is 2. The van der Waals surface area contributed by atoms with Crippen molar-refractivity contribution in [3.8, 4) is 11.1 Å². The lowest BCUT2D eigenvalue weighted by molar-refractivity contribution is 0.668. The highest BCUT2D eigenvalue weighted by molar-refractivity contribution is 6.31. The first kappa shape index (κ1) is 18.1. The average Bonchev–Trinajstić information content (AvgIpc) is 2.72. The summed E-state index contributed by atoms with van der Waals surface area (Å²) in [6, 6.07) is 17.9. The van der Waals surface area contributed by atoms with Crippen molar-refractivity contribution in [2.45, 2.75) is 18.8 Å². The third-order valence-electron chi connectivity index (χ3n) is 4.81. The van der Waals surface area contributed by atoms with Gasteiger partial charge in [-0.15, -0.1) is 5.10 Å². The molecule has 0 radical (unpaired) electrons. The minimum Gasteiger partial charge on any atom is -0.369 e. The fraction of sp³-hybridized carbons (Fsp3) is 0.143. The molecule has 1 unspecified atom stereocenters. The van der Waals surface area contributed by atoms with Gasteiger partial charge in [0.2, 0.25) is 5.96 Å². The van der Waals surface area contributed by atoms with Crippen molar-refractivity contribution in [2.75, 3.05) is 0 Å². The summed E-state index contributed by atoms with van der Waals surface area (Å²) in [4.78, 5) is 0. The largest absolute Gasteiger partial charge is 0.369 e. The molecule has 4 N–H and O–H groups in total. The quantitative estimate of drug-likeness (QED) is 0.405. The molecule has 0 bridgehead atoms. The number of fused-ring (bicyclic) bond motifs is 1. The van der Waals surface area contributed by atoms with Crippen LogP contribution in [0.15, 0.2) is 71.0 Å². The van der Waals surface area contributed by atoms with Crippen molar-refractivity contribution >= 4 is 23.3 Å². The monoisotopic (exact) mass is 390 g/mol. The molecule has 4 rings (SSSR count). The number of hydrogen-bond acceptors (Lipinski definition) is 4. The number of halogens is 1. The summed E-state index contributed by atoms with van der Waals surface area (Å²) in [6.45, 7) is 0. The second-order valence-electron chi connectivity index (χ2n) is 6.64. The molecule has 1 heterocycles. The Morgan fingerprint density at radius 2 is 1.75 bits per heavy atom. The van der Waals surface area contributed by atoms with E-state index in [0.717, 1.165) is 38.7 Å². The van der Waals surface area contributed by atoms with Gasteiger partial charge in [-0.05, 0) is 36.0 Å². The van der Waals surface area contributed by atoms with Gasteiger partial charge < -0.3 is 11.5 Å². The van der Waals surface area contributed by atoms with Crippen molar-refractivity contribution in [3.63, 3.8) is 0 Å². The van der Waals surface area contributed by atoms with Crippen LogP contribution in [0.2, 0.25) is 5.02 Å². The summed E-state index contributed by atoms with van der Waals surface area (Å²) in [6.07, 6.45) is 3.13. The van der Waals surface area contributed by atoms with E-state index in [4.69, 9.17) is 23.1 Å². The maximum absolute atomic E-state index is 6.44. The molecule has 1 aliphatic carbocycles. The Balaban J connectivity index is 1.87. The Morgan fingerprint density at radius 3 is 2.50 bits per heavy atom. The lowest BCUT2D eigenvalue weighted by Gasteiger charge is -2.27. The summed E-state index contributed by atoms with van der Waals surface area (Å²) >= 11 is 6.44. The Bertz CT molecular complexity index is 1060. The maximum atomic E-state index is 6.44. The van der Waals surface area contributed by atoms with Crippen LogP contribution in [0.4, 0.5) is 0 Å². The number of benzene rings is 2. The van der Waals surface area contributed by atoms with Gasteiger partial charge in [-0.3, -0.25) is 0 Å². The fourth-order valence-corrected chi connectivity index (χ4v) is 3.89. The van der Waals surface area contributed by atoms with Crippen LogP contribution in [-0.4, -0.2) is 21.9 Å². The summed E-state index contributed by atoms with van der Waals surface area (Å²) in [5.74, 6) is 0.0339. The molecule has 140 valence electrons. The molecule has 1 atom stereocenters. The Labute approximate surface area is 168 Å². The van der Waals surface area contributed by atoms with Gasteiger partial charge in [0.05, 0.1) is 17.6 Å². The Hall–Kier alpha value is -3.25. The number of aromatic nitrogens is 2. The average molecular weight is 391 g/mol. The number of nitrogens with two attached hydrogens (primary N) is 2. The first-order valence-electron chi connectivity index (χ1n) is 8.93. The third kappa shape index (κ3) is 3.59. The zero-order chi connectivity index (χ0) is 19.5. The van der Waals surface area contributed by atoms with Crippen LogP contribution in [0.25, 0.3) is 11.1 Å². The summed E-state index contributed by atoms with van der Waals surface area (Å²) in [5, 5.41) is 17.6. The normalized spacial score (nSPS) is 17.2. The molecule has 0 fully saturated rings. The molecule has 1 aliphatic rings. The van der Waals surface area contributed by atoms with E-state index in [0.29, 0.717) is 12.8 Å². The van der Waals surface area contributed by atoms with Crippen LogP contribution in [0.1, 0.15) is 29.2 Å². The van der Waals surface area contributed by atoms with E-state index < -0.39 is 0 Å². The minimum absolute atomic E-state index is 0.0859. The van der Waals surface area contributed by atoms with Gasteiger partial charge in [-0.25, -0.2) is 0 Å². The van der Waals surface area contributed by atoms with E-state index >= 15 is 0 Å². The molecule has 7 heteroatoms. The van der Waals surface area contributed by atoms with E-state index in [1.54, 1.807) is 6.20 Å². The van der Waals surface area contributed by atoms with Crippen molar-refractivity contribution in [1.29, 1.82) is 0 Å². The van der Waals surface area contributed by atoms with Crippen LogP contribution in [-0.2, 0) is 6.42 Å². The summed E-state index contributed by atoms with van der Waals surface area (Å²) < 4.78 is 0. The zero-order valence-corrected chi connectivity index (χ0v) is 15.8. The Morgan fingerprint density at radius 1 is 1.00 bits per heavy atom. The molecule has 0 saturated heterocycles. The van der Waals surface area contributed by atoms with Crippen LogP contribution in [0.5, 0.6) is 0 Å². The maximum Gasteiger partial charge on any atom is 0.211 e. The predicted molar refractivity (Wildman–Crippen MR) is 112 cm³/mol. The highest BCUT2D eigenvalue weighted by atomic mass is 35.5. The lowest BCUT2D eigenvalue weighted by Crippen LogP contribution is -2.24. The van der Waals surface area contributed by atoms with Gasteiger partial charge in [0.15, 0.2) is 0 Å². The van der Waals surface area contributed by atoms with Crippen molar-refractivity contribution < 1.29 is 0 Å². The topological polar surface area (TPSA) is 103 Å². The van der Waals surface area contributed by atoms with Crippen LogP contribution in [0.3, 0.4) is 0 Å². The highest BCUT2D eigenvalue weighted by Gasteiger charge is 2.30. The molecule has 0 aliphatic heterocycles. The van der Waals surface area contributed by atoms with Crippen molar-refractivity contribution in [3.05, 3.63) is 82.6 Å². The van der Waals surface area contributed by atoms with Crippen LogP contribution in [0, 0.1) is 0 Å². The number of rotatable bonds is 3. The zero-order valence-electron chi connectivity index (χ0n) is 15.1. The molecular weight excluding hydrogens is 372 g/mol. The van der Waals surface area contributed by atoms with Gasteiger partial charge in [-0.1, -0.05) is 60.1 Å². The first-order valence-corrected chi connectivity index (χ1v) is 9.31. The lowest BCUT2D eigenvalue weighted by atomic mass is 9.79. The minimum atomic E-state index is -0.0859. The van der Waals surface area contributed by atoms with Gasteiger partial charge >= 0.3 is 0 Å². The third-order valence-corrected chi connectivity index (χ3v) is 5.15. The molecule has 0 saturated carbocycles. The summed E-state index contributed by atoms with van der Waals surface area (Å²) in [7, 11) is 0. The van der Waals surface area contributed by atoms with E-state index in [1.165, 1.54) is 0 Å². The molecule has 2 aromatic carbocycles.